The van der Waals surface area contributed by atoms with Crippen LogP contribution in [0.15, 0.2) is 102 Å². The number of para-hydroxylation sites is 1. The maximum absolute atomic E-state index is 14.7. The van der Waals surface area contributed by atoms with Gasteiger partial charge in [-0.15, -0.1) is 0 Å². The number of sulfonamides is 1. The highest BCUT2D eigenvalue weighted by Gasteiger charge is 2.54. The number of piperazine rings is 1. The molecule has 3 aromatic heterocycles. The molecular weight excluding hydrogens is 574 g/mol. The van der Waals surface area contributed by atoms with Crippen LogP contribution in [0.4, 0.5) is 11.4 Å². The van der Waals surface area contributed by atoms with E-state index in [1.165, 1.54) is 4.31 Å². The zero-order chi connectivity index (χ0) is 30.3. The summed E-state index contributed by atoms with van der Waals surface area (Å²) in [7, 11) is -2.54. The van der Waals surface area contributed by atoms with Gasteiger partial charge in [-0.3, -0.25) is 19.2 Å². The zero-order valence-electron chi connectivity index (χ0n) is 24.0. The predicted molar refractivity (Wildman–Crippen MR) is 167 cm³/mol. The van der Waals surface area contributed by atoms with Crippen LogP contribution in [0.5, 0.6) is 5.88 Å². The molecule has 0 saturated carbocycles. The normalized spacial score (nSPS) is 18.6. The van der Waals surface area contributed by atoms with Crippen molar-refractivity contribution in [3.63, 3.8) is 0 Å². The summed E-state index contributed by atoms with van der Waals surface area (Å²) >= 11 is 0. The van der Waals surface area contributed by atoms with Gasteiger partial charge in [-0.1, -0.05) is 18.2 Å². The molecule has 0 radical (unpaired) electrons. The molecule has 5 aromatic rings. The van der Waals surface area contributed by atoms with E-state index in [0.717, 1.165) is 22.2 Å². The molecule has 2 aliphatic heterocycles. The van der Waals surface area contributed by atoms with Crippen molar-refractivity contribution in [3.8, 4) is 11.9 Å². The van der Waals surface area contributed by atoms with E-state index in [1.54, 1.807) is 62.2 Å². The molecule has 0 N–H and O–H groups in total. The smallest absolute Gasteiger partial charge is 0.266 e. The third kappa shape index (κ3) is 4.34. The summed E-state index contributed by atoms with van der Waals surface area (Å²) in [6.07, 6.45) is 6.83. The maximum Gasteiger partial charge on any atom is 0.266 e. The van der Waals surface area contributed by atoms with Gasteiger partial charge in [0.05, 0.1) is 42.0 Å². The van der Waals surface area contributed by atoms with E-state index >= 15 is 0 Å². The number of hydrogen-bond donors (Lipinski definition) is 0. The highest BCUT2D eigenvalue weighted by molar-refractivity contribution is 7.93. The number of anilines is 2. The molecule has 1 unspecified atom stereocenters. The number of nitrogens with zero attached hydrogens (tertiary/aromatic N) is 7. The summed E-state index contributed by atoms with van der Waals surface area (Å²) in [5, 5.41) is 10.7. The van der Waals surface area contributed by atoms with Crippen molar-refractivity contribution in [1.29, 1.82) is 5.26 Å². The van der Waals surface area contributed by atoms with Crippen LogP contribution in [0.2, 0.25) is 0 Å². The number of ether oxygens (including phenoxy) is 1. The third-order valence-electron chi connectivity index (χ3n) is 8.63. The van der Waals surface area contributed by atoms with Gasteiger partial charge in [0.15, 0.2) is 0 Å². The average molecular weight is 604 g/mol. The van der Waals surface area contributed by atoms with Gasteiger partial charge in [-0.2, -0.15) is 5.26 Å². The van der Waals surface area contributed by atoms with Crippen LogP contribution < -0.4 is 13.9 Å². The zero-order valence-corrected chi connectivity index (χ0v) is 24.9. The number of rotatable bonds is 6. The van der Waals surface area contributed by atoms with E-state index < -0.39 is 15.6 Å². The van der Waals surface area contributed by atoms with Gasteiger partial charge in [0.25, 0.3) is 10.0 Å². The van der Waals surface area contributed by atoms with Crippen molar-refractivity contribution in [2.24, 2.45) is 0 Å². The molecular formula is C33H29N7O3S. The Morgan fingerprint density at radius 2 is 1.61 bits per heavy atom. The summed E-state index contributed by atoms with van der Waals surface area (Å²) in [5.74, 6) is 0.406. The second-order valence-corrected chi connectivity index (χ2v) is 12.6. The number of fused-ring (bicyclic) bond motifs is 2. The summed E-state index contributed by atoms with van der Waals surface area (Å²) in [4.78, 5) is 17.9. The molecule has 0 amide bonds. The van der Waals surface area contributed by atoms with E-state index in [1.807, 2.05) is 42.5 Å². The second-order valence-electron chi connectivity index (χ2n) is 10.8. The minimum atomic E-state index is -4.11. The van der Waals surface area contributed by atoms with Crippen molar-refractivity contribution < 1.29 is 13.2 Å². The second kappa shape index (κ2) is 10.9. The molecule has 1 atom stereocenters. The predicted octanol–water partition coefficient (Wildman–Crippen LogP) is 4.18. The Kier molecular flexibility index (Phi) is 6.88. The van der Waals surface area contributed by atoms with Crippen LogP contribution in [0.3, 0.4) is 0 Å². The summed E-state index contributed by atoms with van der Waals surface area (Å²) in [5.41, 5.74) is 2.92. The Balaban J connectivity index is 1.41. The minimum Gasteiger partial charge on any atom is -0.481 e. The van der Waals surface area contributed by atoms with Crippen molar-refractivity contribution in [2.45, 2.75) is 10.4 Å². The van der Waals surface area contributed by atoms with E-state index in [2.05, 4.69) is 30.8 Å². The number of pyridine rings is 3. The molecule has 2 aliphatic rings. The Morgan fingerprint density at radius 3 is 2.39 bits per heavy atom. The lowest BCUT2D eigenvalue weighted by atomic mass is 9.82. The molecule has 0 aliphatic carbocycles. The molecule has 2 aromatic carbocycles. The van der Waals surface area contributed by atoms with Gasteiger partial charge < -0.3 is 9.64 Å². The first-order valence-electron chi connectivity index (χ1n) is 14.3. The van der Waals surface area contributed by atoms with Gasteiger partial charge in [-0.25, -0.2) is 13.4 Å². The highest BCUT2D eigenvalue weighted by Crippen LogP contribution is 2.52. The monoisotopic (exact) mass is 603 g/mol. The average Bonchev–Trinajstić information content (AvgIpc) is 3.44. The van der Waals surface area contributed by atoms with E-state index in [4.69, 9.17) is 4.74 Å². The number of hydrogen-bond acceptors (Lipinski definition) is 9. The van der Waals surface area contributed by atoms with Gasteiger partial charge in [0.1, 0.15) is 4.90 Å². The van der Waals surface area contributed by atoms with Gasteiger partial charge in [0, 0.05) is 73.2 Å². The molecule has 0 bridgehead atoms. The number of methoxy groups -OCH3 is 1. The SMILES string of the molecule is COc1ncccc1C1(N2CCN(c3ccncc3)CC2)CN(S(=O)(=O)c2cccc3cccnc23)c2ccc(C#N)cc21. The van der Waals surface area contributed by atoms with E-state index in [-0.39, 0.29) is 11.4 Å². The Morgan fingerprint density at radius 1 is 0.864 bits per heavy atom. The van der Waals surface area contributed by atoms with E-state index in [0.29, 0.717) is 48.8 Å². The number of nitriles is 1. The summed E-state index contributed by atoms with van der Waals surface area (Å²) in [6, 6.07) is 24.1. The number of aromatic nitrogens is 3. The van der Waals surface area contributed by atoms with Gasteiger partial charge in [-0.05, 0) is 54.6 Å². The lowest BCUT2D eigenvalue weighted by Gasteiger charge is -2.47. The topological polar surface area (TPSA) is 116 Å². The van der Waals surface area contributed by atoms with Crippen molar-refractivity contribution in [1.82, 2.24) is 19.9 Å². The lowest BCUT2D eigenvalue weighted by molar-refractivity contribution is 0.124. The van der Waals surface area contributed by atoms with Crippen LogP contribution in [-0.2, 0) is 15.6 Å². The van der Waals surface area contributed by atoms with Gasteiger partial charge in [0.2, 0.25) is 5.88 Å². The molecule has 10 nitrogen and oxygen atoms in total. The molecule has 1 fully saturated rings. The first-order valence-corrected chi connectivity index (χ1v) is 15.7. The molecule has 7 rings (SSSR count). The van der Waals surface area contributed by atoms with Crippen LogP contribution in [0, 0.1) is 11.3 Å². The highest BCUT2D eigenvalue weighted by atomic mass is 32.2. The van der Waals surface area contributed by atoms with Crippen molar-refractivity contribution >= 4 is 32.3 Å². The largest absolute Gasteiger partial charge is 0.481 e. The minimum absolute atomic E-state index is 0.0695. The summed E-state index contributed by atoms with van der Waals surface area (Å²) < 4.78 is 36.7. The molecule has 220 valence electrons. The van der Waals surface area contributed by atoms with Crippen LogP contribution in [0.25, 0.3) is 10.9 Å². The first-order chi connectivity index (χ1) is 21.5. The van der Waals surface area contributed by atoms with Crippen molar-refractivity contribution in [3.05, 3.63) is 114 Å². The molecule has 5 heterocycles. The Bertz CT molecular complexity index is 2000. The molecule has 1 saturated heterocycles. The third-order valence-corrected chi connectivity index (χ3v) is 10.4. The first kappa shape index (κ1) is 27.8. The van der Waals surface area contributed by atoms with Crippen LogP contribution >= 0.6 is 0 Å². The summed E-state index contributed by atoms with van der Waals surface area (Å²) in [6.45, 7) is 2.74. The fourth-order valence-corrected chi connectivity index (χ4v) is 8.27. The van der Waals surface area contributed by atoms with Gasteiger partial charge >= 0.3 is 0 Å². The standard InChI is InChI=1S/C33H29N7O3S/c1-43-32-27(7-4-14-37-32)33(39-19-17-38(18-20-39)26-11-15-35-16-12-26)23-40(29-10-9-24(22-34)21-28(29)33)44(41,42)30-8-2-5-25-6-3-13-36-31(25)30/h2-16,21H,17-20,23H2,1H3. The quantitative estimate of drug-likeness (QED) is 0.282. The molecule has 11 heteroatoms. The van der Waals surface area contributed by atoms with Crippen LogP contribution in [0.1, 0.15) is 16.7 Å². The lowest BCUT2D eigenvalue weighted by Crippen LogP contribution is -2.58. The fraction of sp³-hybridized carbons (Fsp3) is 0.212. The maximum atomic E-state index is 14.7. The van der Waals surface area contributed by atoms with Crippen molar-refractivity contribution in [2.75, 3.05) is 49.0 Å². The van der Waals surface area contributed by atoms with E-state index in [9.17, 15) is 13.7 Å². The fourth-order valence-electron chi connectivity index (χ4n) is 6.59. The van der Waals surface area contributed by atoms with Crippen LogP contribution in [-0.4, -0.2) is 68.1 Å². The molecule has 0 spiro atoms. The Labute approximate surface area is 255 Å². The number of benzene rings is 2. The molecule has 44 heavy (non-hydrogen) atoms. The Hall–Kier alpha value is -5.05.